The van der Waals surface area contributed by atoms with Gasteiger partial charge in [-0.2, -0.15) is 0 Å². The number of ketones is 1. The van der Waals surface area contributed by atoms with Gasteiger partial charge >= 0.3 is 0 Å². The molecule has 31 heavy (non-hydrogen) atoms. The second-order valence-corrected chi connectivity index (χ2v) is 9.55. The normalized spacial score (nSPS) is 17.8. The third kappa shape index (κ3) is 3.75. The van der Waals surface area contributed by atoms with Crippen LogP contribution in [0.25, 0.3) is 17.0 Å². The predicted molar refractivity (Wildman–Crippen MR) is 128 cm³/mol. The Bertz CT molecular complexity index is 1320. The molecule has 1 aliphatic heterocycles. The van der Waals surface area contributed by atoms with Crippen molar-refractivity contribution < 1.29 is 4.79 Å². The maximum Gasteiger partial charge on any atom is 0.186 e. The average Bonchev–Trinajstić information content (AvgIpc) is 3.46. The van der Waals surface area contributed by atoms with Gasteiger partial charge in [-0.1, -0.05) is 67.2 Å². The molecule has 1 N–H and O–H groups in total. The van der Waals surface area contributed by atoms with Crippen LogP contribution >= 0.6 is 23.1 Å². The van der Waals surface area contributed by atoms with Crippen molar-refractivity contribution in [3.05, 3.63) is 86.8 Å². The van der Waals surface area contributed by atoms with Crippen molar-refractivity contribution in [1.29, 1.82) is 5.41 Å². The Labute approximate surface area is 188 Å². The number of para-hydroxylation sites is 1. The fourth-order valence-electron chi connectivity index (χ4n) is 3.78. The monoisotopic (exact) mass is 444 g/mol. The third-order valence-electron chi connectivity index (χ3n) is 5.32. The molecule has 1 atom stereocenters. The molecule has 0 spiro atoms. The lowest BCUT2D eigenvalue weighted by Crippen LogP contribution is -2.11. The van der Waals surface area contributed by atoms with Crippen LogP contribution in [0.2, 0.25) is 0 Å². The summed E-state index contributed by atoms with van der Waals surface area (Å²) in [6.45, 7) is 2.77. The van der Waals surface area contributed by atoms with Crippen LogP contribution in [0.3, 0.4) is 0 Å². The zero-order valence-electron chi connectivity index (χ0n) is 16.9. The zero-order chi connectivity index (χ0) is 21.4. The van der Waals surface area contributed by atoms with Crippen molar-refractivity contribution in [2.24, 2.45) is 0 Å². The summed E-state index contributed by atoms with van der Waals surface area (Å²) in [4.78, 5) is 13.7. The van der Waals surface area contributed by atoms with E-state index in [4.69, 9.17) is 5.41 Å². The summed E-state index contributed by atoms with van der Waals surface area (Å²) >= 11 is 2.66. The number of nitrogens with one attached hydrogen (secondary N) is 1. The van der Waals surface area contributed by atoms with Crippen molar-refractivity contribution in [2.45, 2.75) is 25.8 Å². The molecule has 1 aliphatic rings. The first-order chi connectivity index (χ1) is 15.1. The van der Waals surface area contributed by atoms with Gasteiger partial charge in [0.2, 0.25) is 0 Å². The van der Waals surface area contributed by atoms with Crippen LogP contribution in [0.4, 0.5) is 0 Å². The summed E-state index contributed by atoms with van der Waals surface area (Å²) in [7, 11) is 0. The number of nitrogens with zero attached hydrogens (tertiary/aromatic N) is 3. The highest BCUT2D eigenvalue weighted by molar-refractivity contribution is 8.19. The van der Waals surface area contributed by atoms with E-state index in [9.17, 15) is 4.79 Å². The molecule has 1 fully saturated rings. The first kappa shape index (κ1) is 19.9. The summed E-state index contributed by atoms with van der Waals surface area (Å²) in [6, 6.07) is 18.5. The highest BCUT2D eigenvalue weighted by Gasteiger charge is 2.39. The Morgan fingerprint density at radius 2 is 1.87 bits per heavy atom. The Kier molecular flexibility index (Phi) is 5.29. The first-order valence-electron chi connectivity index (χ1n) is 10.1. The van der Waals surface area contributed by atoms with Gasteiger partial charge in [-0.05, 0) is 24.1 Å². The van der Waals surface area contributed by atoms with Gasteiger partial charge in [0.05, 0.1) is 9.95 Å². The van der Waals surface area contributed by atoms with Gasteiger partial charge in [0, 0.05) is 29.2 Å². The maximum absolute atomic E-state index is 13.2. The van der Waals surface area contributed by atoms with Gasteiger partial charge in [-0.25, -0.2) is 0 Å². The van der Waals surface area contributed by atoms with E-state index >= 15 is 0 Å². The Hall–Kier alpha value is -3.03. The number of aromatic nitrogens is 3. The second-order valence-electron chi connectivity index (χ2n) is 7.37. The number of aryl methyl sites for hydroxylation is 1. The van der Waals surface area contributed by atoms with Crippen molar-refractivity contribution in [1.82, 2.24) is 14.8 Å². The number of hydrogen-bond donors (Lipinski definition) is 1. The molecule has 154 valence electrons. The molecule has 4 aromatic rings. The average molecular weight is 445 g/mol. The fraction of sp³-hybridized carbons (Fsp3) is 0.167. The standard InChI is InChI=1S/C24H20N4OS2/c1-2-20-26-27-24(31-20)21-22(29)19(30-23(21)25)12-16-14-28(13-15-8-4-3-5-9-15)18-11-7-6-10-17(16)18/h3-12,14,21,25H,2,13H2,1H3/b19-12-,25-23?/t21-/m0/s1. The van der Waals surface area contributed by atoms with Crippen LogP contribution in [-0.2, 0) is 17.8 Å². The van der Waals surface area contributed by atoms with Gasteiger partial charge in [0.15, 0.2) is 5.78 Å². The number of thioether (sulfide) groups is 1. The number of carbonyl (C=O) groups excluding carboxylic acids is 1. The predicted octanol–water partition coefficient (Wildman–Crippen LogP) is 5.52. The molecule has 0 aliphatic carbocycles. The molecule has 0 saturated carbocycles. The second kappa shape index (κ2) is 8.24. The van der Waals surface area contributed by atoms with Gasteiger partial charge in [0.25, 0.3) is 0 Å². The van der Waals surface area contributed by atoms with Crippen molar-refractivity contribution in [3.63, 3.8) is 0 Å². The Morgan fingerprint density at radius 1 is 1.10 bits per heavy atom. The SMILES string of the molecule is CCc1nnc([C@@H]2C(=N)S/C(=C\c3cn(Cc4ccccc4)c4ccccc34)C2=O)s1. The van der Waals surface area contributed by atoms with E-state index in [0.29, 0.717) is 15.0 Å². The molecule has 5 nitrogen and oxygen atoms in total. The van der Waals surface area contributed by atoms with Crippen LogP contribution in [0, 0.1) is 5.41 Å². The minimum atomic E-state index is -0.619. The van der Waals surface area contributed by atoms with E-state index < -0.39 is 5.92 Å². The van der Waals surface area contributed by atoms with Crippen molar-refractivity contribution in [2.75, 3.05) is 0 Å². The lowest BCUT2D eigenvalue weighted by atomic mass is 10.0. The lowest BCUT2D eigenvalue weighted by Gasteiger charge is -2.05. The lowest BCUT2D eigenvalue weighted by molar-refractivity contribution is -0.114. The topological polar surface area (TPSA) is 71.6 Å². The number of hydrogen-bond acceptors (Lipinski definition) is 6. The fourth-order valence-corrected chi connectivity index (χ4v) is 5.73. The Morgan fingerprint density at radius 3 is 2.65 bits per heavy atom. The van der Waals surface area contributed by atoms with Crippen LogP contribution in [0.5, 0.6) is 0 Å². The molecule has 5 rings (SSSR count). The van der Waals surface area contributed by atoms with E-state index in [1.54, 1.807) is 0 Å². The summed E-state index contributed by atoms with van der Waals surface area (Å²) < 4.78 is 2.21. The molecule has 2 aromatic carbocycles. The number of rotatable bonds is 5. The number of benzene rings is 2. The molecule has 0 amide bonds. The van der Waals surface area contributed by atoms with Gasteiger partial charge < -0.3 is 4.57 Å². The molecule has 2 aromatic heterocycles. The largest absolute Gasteiger partial charge is 0.342 e. The number of fused-ring (bicyclic) bond motifs is 1. The maximum atomic E-state index is 13.2. The van der Waals surface area contributed by atoms with E-state index in [1.807, 2.05) is 43.3 Å². The molecule has 0 bridgehead atoms. The summed E-state index contributed by atoms with van der Waals surface area (Å²) in [5, 5.41) is 19.6. The summed E-state index contributed by atoms with van der Waals surface area (Å²) in [6.07, 6.45) is 4.80. The number of allylic oxidation sites excluding steroid dienone is 1. The van der Waals surface area contributed by atoms with Gasteiger partial charge in [-0.3, -0.25) is 10.2 Å². The van der Waals surface area contributed by atoms with Crippen LogP contribution in [0.15, 0.2) is 65.7 Å². The van der Waals surface area contributed by atoms with Crippen molar-refractivity contribution in [3.8, 4) is 0 Å². The first-order valence-corrected chi connectivity index (χ1v) is 11.7. The van der Waals surface area contributed by atoms with Crippen LogP contribution in [-0.4, -0.2) is 25.6 Å². The Balaban J connectivity index is 1.51. The molecular weight excluding hydrogens is 424 g/mol. The van der Waals surface area contributed by atoms with Gasteiger partial charge in [-0.15, -0.1) is 21.5 Å². The van der Waals surface area contributed by atoms with E-state index in [0.717, 1.165) is 34.4 Å². The van der Waals surface area contributed by atoms with E-state index in [1.165, 1.54) is 28.7 Å². The number of carbonyl (C=O) groups is 1. The van der Waals surface area contributed by atoms with Crippen molar-refractivity contribution >= 4 is 50.9 Å². The summed E-state index contributed by atoms with van der Waals surface area (Å²) in [5.41, 5.74) is 3.33. The van der Waals surface area contributed by atoms with E-state index in [2.05, 4.69) is 45.2 Å². The highest BCUT2D eigenvalue weighted by Crippen LogP contribution is 2.42. The molecule has 1 saturated heterocycles. The minimum Gasteiger partial charge on any atom is -0.342 e. The zero-order valence-corrected chi connectivity index (χ0v) is 18.5. The molecule has 7 heteroatoms. The number of Topliss-reactive ketones (excluding diaryl/α,β-unsaturated/α-hetero) is 1. The van der Waals surface area contributed by atoms with Gasteiger partial charge in [0.1, 0.15) is 15.9 Å². The smallest absolute Gasteiger partial charge is 0.186 e. The molecule has 3 heterocycles. The molecular formula is C24H20N4OS2. The quantitative estimate of drug-likeness (QED) is 0.411. The molecule has 0 radical (unpaired) electrons. The molecule has 0 unspecified atom stereocenters. The van der Waals surface area contributed by atoms with E-state index in [-0.39, 0.29) is 5.78 Å². The van der Waals surface area contributed by atoms with Crippen LogP contribution in [0.1, 0.15) is 34.0 Å². The summed E-state index contributed by atoms with van der Waals surface area (Å²) in [5.74, 6) is -0.680. The highest BCUT2D eigenvalue weighted by atomic mass is 32.2. The minimum absolute atomic E-state index is 0.0614. The third-order valence-corrected chi connectivity index (χ3v) is 7.45. The van der Waals surface area contributed by atoms with Crippen LogP contribution < -0.4 is 0 Å².